The molecular formula is C33H30ClF4N3O4S. The van der Waals surface area contributed by atoms with E-state index in [1.807, 2.05) is 0 Å². The quantitative estimate of drug-likeness (QED) is 0.175. The van der Waals surface area contributed by atoms with Crippen LogP contribution in [0, 0.1) is 5.82 Å². The molecule has 0 aromatic heterocycles. The number of hydrogen-bond acceptors (Lipinski definition) is 4. The molecular weight excluding hydrogens is 646 g/mol. The zero-order valence-corrected chi connectivity index (χ0v) is 26.1. The van der Waals surface area contributed by atoms with E-state index in [2.05, 4.69) is 5.32 Å². The molecule has 4 aromatic carbocycles. The highest BCUT2D eigenvalue weighted by Crippen LogP contribution is 2.38. The maximum atomic E-state index is 14.9. The van der Waals surface area contributed by atoms with Crippen LogP contribution < -0.4 is 9.62 Å². The molecule has 0 saturated carbocycles. The Morgan fingerprint density at radius 1 is 0.891 bits per heavy atom. The van der Waals surface area contributed by atoms with Crippen LogP contribution in [0.3, 0.4) is 0 Å². The van der Waals surface area contributed by atoms with E-state index >= 15 is 0 Å². The smallest absolute Gasteiger partial charge is 0.355 e. The number of nitrogens with one attached hydrogen (secondary N) is 1. The molecule has 0 unspecified atom stereocenters. The van der Waals surface area contributed by atoms with Gasteiger partial charge in [0.25, 0.3) is 10.0 Å². The van der Waals surface area contributed by atoms with Crippen LogP contribution in [0.25, 0.3) is 0 Å². The third-order valence-corrected chi connectivity index (χ3v) is 9.19. The topological polar surface area (TPSA) is 86.8 Å². The molecule has 0 spiro atoms. The van der Waals surface area contributed by atoms with Gasteiger partial charge in [-0.3, -0.25) is 13.9 Å². The van der Waals surface area contributed by atoms with Crippen LogP contribution in [0.1, 0.15) is 23.6 Å². The minimum Gasteiger partial charge on any atom is -0.355 e. The minimum atomic E-state index is -4.94. The number of rotatable bonds is 12. The first-order valence-corrected chi connectivity index (χ1v) is 15.9. The van der Waals surface area contributed by atoms with Gasteiger partial charge in [0.1, 0.15) is 18.4 Å². The monoisotopic (exact) mass is 675 g/mol. The van der Waals surface area contributed by atoms with Gasteiger partial charge in [0.05, 0.1) is 21.2 Å². The molecule has 4 aromatic rings. The van der Waals surface area contributed by atoms with Crippen molar-refractivity contribution in [1.82, 2.24) is 10.2 Å². The fraction of sp³-hybridized carbons (Fsp3) is 0.212. The van der Waals surface area contributed by atoms with Crippen LogP contribution >= 0.6 is 11.6 Å². The van der Waals surface area contributed by atoms with Gasteiger partial charge in [0.15, 0.2) is 0 Å². The Hall–Kier alpha value is -4.42. The maximum absolute atomic E-state index is 14.9. The standard InChI is InChI=1S/C33H30ClF4N3O4S/c1-2-39-32(43)30(19-23-11-5-3-6-12-23)40(21-24-13-9-10-16-29(24)35)31(42)22-41(46(44,45)26-14-7-4-8-15-26)25-17-18-28(34)27(20-25)33(36,37)38/h3-18,20,30H,2,19,21-22H2,1H3,(H,39,43)/t30-/m0/s1. The summed E-state index contributed by atoms with van der Waals surface area (Å²) < 4.78 is 84.9. The number of carbonyl (C=O) groups is 2. The lowest BCUT2D eigenvalue weighted by molar-refractivity contribution is -0.140. The number of amides is 2. The zero-order valence-electron chi connectivity index (χ0n) is 24.5. The lowest BCUT2D eigenvalue weighted by atomic mass is 10.0. The average Bonchev–Trinajstić information content (AvgIpc) is 3.03. The number of sulfonamides is 1. The molecule has 0 aliphatic carbocycles. The lowest BCUT2D eigenvalue weighted by Crippen LogP contribution is -2.53. The molecule has 1 atom stereocenters. The summed E-state index contributed by atoms with van der Waals surface area (Å²) in [5.41, 5.74) is -1.09. The summed E-state index contributed by atoms with van der Waals surface area (Å²) in [7, 11) is -4.65. The summed E-state index contributed by atoms with van der Waals surface area (Å²) >= 11 is 5.82. The van der Waals surface area contributed by atoms with Gasteiger partial charge >= 0.3 is 6.18 Å². The summed E-state index contributed by atoms with van der Waals surface area (Å²) in [5, 5.41) is 2.01. The van der Waals surface area contributed by atoms with Crippen molar-refractivity contribution in [3.05, 3.63) is 131 Å². The number of alkyl halides is 3. The summed E-state index contributed by atoms with van der Waals surface area (Å²) in [6.45, 7) is 0.419. The molecule has 13 heteroatoms. The number of benzene rings is 4. The van der Waals surface area contributed by atoms with Crippen LogP contribution in [-0.4, -0.2) is 44.3 Å². The van der Waals surface area contributed by atoms with Gasteiger partial charge in [0, 0.05) is 25.1 Å². The molecule has 0 aliphatic heterocycles. The number of nitrogens with zero attached hydrogens (tertiary/aromatic N) is 2. The van der Waals surface area contributed by atoms with Crippen LogP contribution in [0.4, 0.5) is 23.2 Å². The molecule has 7 nitrogen and oxygen atoms in total. The molecule has 0 saturated heterocycles. The first-order valence-electron chi connectivity index (χ1n) is 14.1. The highest BCUT2D eigenvalue weighted by atomic mass is 35.5. The van der Waals surface area contributed by atoms with Crippen molar-refractivity contribution in [3.63, 3.8) is 0 Å². The number of carbonyl (C=O) groups excluding carboxylic acids is 2. The summed E-state index contributed by atoms with van der Waals surface area (Å²) in [6, 6.07) is 22.4. The Morgan fingerprint density at radius 2 is 1.50 bits per heavy atom. The van der Waals surface area contributed by atoms with Gasteiger partial charge in [-0.2, -0.15) is 13.2 Å². The van der Waals surface area contributed by atoms with Crippen LogP contribution in [0.5, 0.6) is 0 Å². The van der Waals surface area contributed by atoms with E-state index in [1.54, 1.807) is 43.3 Å². The second-order valence-electron chi connectivity index (χ2n) is 10.2. The van der Waals surface area contributed by atoms with E-state index in [4.69, 9.17) is 11.6 Å². The van der Waals surface area contributed by atoms with Gasteiger partial charge < -0.3 is 10.2 Å². The van der Waals surface area contributed by atoms with Crippen LogP contribution in [0.15, 0.2) is 108 Å². The first kappa shape index (κ1) is 34.5. The van der Waals surface area contributed by atoms with Crippen molar-refractivity contribution >= 4 is 39.1 Å². The SMILES string of the molecule is CCNC(=O)[C@H](Cc1ccccc1)N(Cc1ccccc1F)C(=O)CN(c1ccc(Cl)c(C(F)(F)F)c1)S(=O)(=O)c1ccccc1. The zero-order chi connectivity index (χ0) is 33.5. The van der Waals surface area contributed by atoms with Gasteiger partial charge in [-0.15, -0.1) is 0 Å². The number of anilines is 1. The maximum Gasteiger partial charge on any atom is 0.417 e. The molecule has 4 rings (SSSR count). The second-order valence-corrected chi connectivity index (χ2v) is 12.5. The van der Waals surface area contributed by atoms with Crippen molar-refractivity contribution in [2.24, 2.45) is 0 Å². The molecule has 1 N–H and O–H groups in total. The van der Waals surface area contributed by atoms with Gasteiger partial charge in [-0.25, -0.2) is 12.8 Å². The van der Waals surface area contributed by atoms with E-state index in [1.165, 1.54) is 48.5 Å². The van der Waals surface area contributed by atoms with Crippen molar-refractivity contribution in [3.8, 4) is 0 Å². The van der Waals surface area contributed by atoms with Crippen molar-refractivity contribution in [2.45, 2.75) is 37.0 Å². The van der Waals surface area contributed by atoms with Crippen LogP contribution in [0.2, 0.25) is 5.02 Å². The largest absolute Gasteiger partial charge is 0.417 e. The van der Waals surface area contributed by atoms with E-state index in [0.717, 1.165) is 17.0 Å². The van der Waals surface area contributed by atoms with Gasteiger partial charge in [-0.1, -0.05) is 78.3 Å². The van der Waals surface area contributed by atoms with E-state index in [0.29, 0.717) is 15.9 Å². The Morgan fingerprint density at radius 3 is 2.11 bits per heavy atom. The number of halogens is 5. The van der Waals surface area contributed by atoms with Gasteiger partial charge in [0.2, 0.25) is 11.8 Å². The fourth-order valence-corrected chi connectivity index (χ4v) is 6.44. The number of likely N-dealkylation sites (N-methyl/N-ethyl adjacent to an activating group) is 1. The Balaban J connectivity index is 1.86. The highest BCUT2D eigenvalue weighted by Gasteiger charge is 2.37. The first-order chi connectivity index (χ1) is 21.8. The highest BCUT2D eigenvalue weighted by molar-refractivity contribution is 7.92. The number of hydrogen-bond donors (Lipinski definition) is 1. The summed E-state index contributed by atoms with van der Waals surface area (Å²) in [6.07, 6.45) is -4.95. The van der Waals surface area contributed by atoms with E-state index in [-0.39, 0.29) is 23.4 Å². The molecule has 0 radical (unpaired) electrons. The van der Waals surface area contributed by atoms with Crippen molar-refractivity contribution in [2.75, 3.05) is 17.4 Å². The van der Waals surface area contributed by atoms with E-state index < -0.39 is 69.2 Å². The lowest BCUT2D eigenvalue weighted by Gasteiger charge is -2.34. The molecule has 0 aliphatic rings. The molecule has 0 bridgehead atoms. The predicted molar refractivity (Wildman–Crippen MR) is 167 cm³/mol. The minimum absolute atomic E-state index is 0.0164. The Kier molecular flexibility index (Phi) is 11.1. The predicted octanol–water partition coefficient (Wildman–Crippen LogP) is 6.47. The average molecular weight is 676 g/mol. The van der Waals surface area contributed by atoms with E-state index in [9.17, 15) is 35.6 Å². The molecule has 2 amide bonds. The van der Waals surface area contributed by atoms with Crippen molar-refractivity contribution in [1.29, 1.82) is 0 Å². The third kappa shape index (κ3) is 8.24. The van der Waals surface area contributed by atoms with Crippen LogP contribution in [-0.2, 0) is 38.8 Å². The molecule has 0 heterocycles. The summed E-state index contributed by atoms with van der Waals surface area (Å²) in [4.78, 5) is 28.5. The molecule has 46 heavy (non-hydrogen) atoms. The molecule has 0 fully saturated rings. The summed E-state index contributed by atoms with van der Waals surface area (Å²) in [5.74, 6) is -2.21. The normalized spacial score (nSPS) is 12.3. The Labute approximate surface area is 269 Å². The second kappa shape index (κ2) is 14.8. The van der Waals surface area contributed by atoms with Crippen molar-refractivity contribution < 1.29 is 35.6 Å². The third-order valence-electron chi connectivity index (χ3n) is 7.07. The molecule has 242 valence electrons. The van der Waals surface area contributed by atoms with Gasteiger partial charge in [-0.05, 0) is 48.9 Å². The fourth-order valence-electron chi connectivity index (χ4n) is 4.79. The Bertz CT molecular complexity index is 1770.